The molecule has 1 aliphatic heterocycles. The van der Waals surface area contributed by atoms with E-state index in [0.717, 1.165) is 34.1 Å². The normalized spacial score (nSPS) is 13.0. The maximum absolute atomic E-state index is 12.4. The predicted molar refractivity (Wildman–Crippen MR) is 95.5 cm³/mol. The number of esters is 1. The van der Waals surface area contributed by atoms with Crippen LogP contribution in [0.5, 0.6) is 0 Å². The molecule has 126 valence electrons. The summed E-state index contributed by atoms with van der Waals surface area (Å²) in [6.07, 6.45) is 2.80. The van der Waals surface area contributed by atoms with Crippen LogP contribution in [-0.4, -0.2) is 30.0 Å². The number of carbonyl (C=O) groups is 2. The smallest absolute Gasteiger partial charge is 0.310 e. The van der Waals surface area contributed by atoms with E-state index in [1.807, 2.05) is 54.7 Å². The standard InChI is InChI=1S/C20H18N2O3/c23-19(22-10-9-14-5-1-4-8-18(14)22)13-25-20(24)11-15-12-21-17-7-3-2-6-16(15)17/h1-8,12,21H,9-11,13H2. The van der Waals surface area contributed by atoms with Crippen LogP contribution in [0.25, 0.3) is 10.9 Å². The van der Waals surface area contributed by atoms with Gasteiger partial charge in [-0.3, -0.25) is 9.59 Å². The van der Waals surface area contributed by atoms with Crippen LogP contribution < -0.4 is 4.90 Å². The summed E-state index contributed by atoms with van der Waals surface area (Å²) < 4.78 is 5.21. The average Bonchev–Trinajstić information content (AvgIpc) is 3.24. The summed E-state index contributed by atoms with van der Waals surface area (Å²) in [7, 11) is 0. The number of para-hydroxylation sites is 2. The van der Waals surface area contributed by atoms with Crippen LogP contribution in [0, 0.1) is 0 Å². The van der Waals surface area contributed by atoms with Crippen molar-refractivity contribution in [3.05, 3.63) is 65.9 Å². The van der Waals surface area contributed by atoms with E-state index in [1.165, 1.54) is 0 Å². The van der Waals surface area contributed by atoms with Crippen LogP contribution in [0.3, 0.4) is 0 Å². The van der Waals surface area contributed by atoms with E-state index in [1.54, 1.807) is 4.90 Å². The molecular weight excluding hydrogens is 316 g/mol. The van der Waals surface area contributed by atoms with Crippen LogP contribution in [0.15, 0.2) is 54.7 Å². The number of benzene rings is 2. The van der Waals surface area contributed by atoms with Crippen LogP contribution in [0.4, 0.5) is 5.69 Å². The minimum atomic E-state index is -0.398. The first-order chi connectivity index (χ1) is 12.2. The molecule has 0 saturated heterocycles. The summed E-state index contributed by atoms with van der Waals surface area (Å²) in [4.78, 5) is 29.3. The SMILES string of the molecule is O=C(Cc1c[nH]c2ccccc12)OCC(=O)N1CCc2ccccc21. The number of anilines is 1. The molecule has 0 spiro atoms. The Labute approximate surface area is 145 Å². The minimum absolute atomic E-state index is 0.147. The van der Waals surface area contributed by atoms with Crippen molar-refractivity contribution in [2.45, 2.75) is 12.8 Å². The second-order valence-electron chi connectivity index (χ2n) is 6.12. The van der Waals surface area contributed by atoms with E-state index < -0.39 is 5.97 Å². The highest BCUT2D eigenvalue weighted by Gasteiger charge is 2.24. The van der Waals surface area contributed by atoms with Crippen LogP contribution in [0.1, 0.15) is 11.1 Å². The number of aromatic nitrogens is 1. The van der Waals surface area contributed by atoms with E-state index in [-0.39, 0.29) is 18.9 Å². The summed E-state index contributed by atoms with van der Waals surface area (Å²) in [5.41, 5.74) is 3.93. The van der Waals surface area contributed by atoms with E-state index in [0.29, 0.717) is 6.54 Å². The highest BCUT2D eigenvalue weighted by molar-refractivity contribution is 5.97. The molecule has 0 radical (unpaired) electrons. The number of hydrogen-bond donors (Lipinski definition) is 1. The van der Waals surface area contributed by atoms with Crippen molar-refractivity contribution in [2.24, 2.45) is 0 Å². The third-order valence-corrected chi connectivity index (χ3v) is 4.55. The van der Waals surface area contributed by atoms with Crippen LogP contribution >= 0.6 is 0 Å². The van der Waals surface area contributed by atoms with Gasteiger partial charge in [-0.1, -0.05) is 36.4 Å². The largest absolute Gasteiger partial charge is 0.455 e. The van der Waals surface area contributed by atoms with Crippen molar-refractivity contribution in [3.8, 4) is 0 Å². The van der Waals surface area contributed by atoms with Gasteiger partial charge in [0.1, 0.15) is 0 Å². The average molecular weight is 334 g/mol. The van der Waals surface area contributed by atoms with Gasteiger partial charge in [-0.2, -0.15) is 0 Å². The Morgan fingerprint density at radius 1 is 1.08 bits per heavy atom. The summed E-state index contributed by atoms with van der Waals surface area (Å²) in [5.74, 6) is -0.581. The zero-order chi connectivity index (χ0) is 17.2. The van der Waals surface area contributed by atoms with Gasteiger partial charge in [-0.25, -0.2) is 0 Å². The summed E-state index contributed by atoms with van der Waals surface area (Å²) in [6, 6.07) is 15.6. The first kappa shape index (κ1) is 15.4. The Hall–Kier alpha value is -3.08. The van der Waals surface area contributed by atoms with Crippen molar-refractivity contribution in [1.29, 1.82) is 0 Å². The van der Waals surface area contributed by atoms with Gasteiger partial charge in [0.25, 0.3) is 5.91 Å². The summed E-state index contributed by atoms with van der Waals surface area (Å²) in [5, 5.41) is 0.999. The van der Waals surface area contributed by atoms with E-state index in [2.05, 4.69) is 4.98 Å². The Kier molecular flexibility index (Phi) is 3.98. The molecule has 0 unspecified atom stereocenters. The van der Waals surface area contributed by atoms with Gasteiger partial charge < -0.3 is 14.6 Å². The van der Waals surface area contributed by atoms with Gasteiger partial charge >= 0.3 is 5.97 Å². The number of nitrogens with one attached hydrogen (secondary N) is 1. The topological polar surface area (TPSA) is 62.4 Å². The molecule has 0 fully saturated rings. The molecule has 2 aromatic carbocycles. The number of aromatic amines is 1. The summed E-state index contributed by atoms with van der Waals surface area (Å²) in [6.45, 7) is 0.410. The molecule has 5 heteroatoms. The molecule has 1 N–H and O–H groups in total. The van der Waals surface area contributed by atoms with Crippen molar-refractivity contribution < 1.29 is 14.3 Å². The Morgan fingerprint density at radius 2 is 1.88 bits per heavy atom. The molecule has 3 aromatic rings. The number of nitrogens with zero attached hydrogens (tertiary/aromatic N) is 1. The van der Waals surface area contributed by atoms with Crippen molar-refractivity contribution >= 4 is 28.5 Å². The first-order valence-electron chi connectivity index (χ1n) is 8.31. The molecule has 25 heavy (non-hydrogen) atoms. The molecule has 1 aromatic heterocycles. The number of hydrogen-bond acceptors (Lipinski definition) is 3. The highest BCUT2D eigenvalue weighted by Crippen LogP contribution is 2.27. The van der Waals surface area contributed by atoms with E-state index in [4.69, 9.17) is 4.74 Å². The first-order valence-corrected chi connectivity index (χ1v) is 8.31. The predicted octanol–water partition coefficient (Wildman–Crippen LogP) is 2.84. The monoisotopic (exact) mass is 334 g/mol. The van der Waals surface area contributed by atoms with Crippen LogP contribution in [0.2, 0.25) is 0 Å². The lowest BCUT2D eigenvalue weighted by molar-refractivity contribution is -0.147. The second kappa shape index (κ2) is 6.43. The lowest BCUT2D eigenvalue weighted by Gasteiger charge is -2.17. The van der Waals surface area contributed by atoms with Gasteiger partial charge in [0, 0.05) is 29.3 Å². The lowest BCUT2D eigenvalue weighted by atomic mass is 10.1. The molecule has 1 amide bonds. The number of amides is 1. The van der Waals surface area contributed by atoms with Crippen LogP contribution in [-0.2, 0) is 27.2 Å². The molecule has 5 nitrogen and oxygen atoms in total. The number of H-pyrrole nitrogens is 1. The lowest BCUT2D eigenvalue weighted by Crippen LogP contribution is -2.33. The Bertz CT molecular complexity index is 945. The fourth-order valence-corrected chi connectivity index (χ4v) is 3.30. The quantitative estimate of drug-likeness (QED) is 0.746. The maximum atomic E-state index is 12.4. The minimum Gasteiger partial charge on any atom is -0.455 e. The third-order valence-electron chi connectivity index (χ3n) is 4.55. The van der Waals surface area contributed by atoms with Gasteiger partial charge in [0.15, 0.2) is 6.61 Å². The zero-order valence-corrected chi connectivity index (χ0v) is 13.7. The number of rotatable bonds is 4. The second-order valence-corrected chi connectivity index (χ2v) is 6.12. The molecule has 0 bridgehead atoms. The van der Waals surface area contributed by atoms with Gasteiger partial charge in [0.05, 0.1) is 6.42 Å². The molecule has 0 atom stereocenters. The number of carbonyl (C=O) groups excluding carboxylic acids is 2. The molecule has 0 aliphatic carbocycles. The molecule has 2 heterocycles. The molecular formula is C20H18N2O3. The fraction of sp³-hybridized carbons (Fsp3) is 0.200. The molecule has 1 aliphatic rings. The zero-order valence-electron chi connectivity index (χ0n) is 13.7. The van der Waals surface area contributed by atoms with E-state index in [9.17, 15) is 9.59 Å². The molecule has 0 saturated carbocycles. The maximum Gasteiger partial charge on any atom is 0.310 e. The van der Waals surface area contributed by atoms with Gasteiger partial charge in [0.2, 0.25) is 0 Å². The van der Waals surface area contributed by atoms with Crippen molar-refractivity contribution in [3.63, 3.8) is 0 Å². The van der Waals surface area contributed by atoms with Gasteiger partial charge in [-0.05, 0) is 29.7 Å². The highest BCUT2D eigenvalue weighted by atomic mass is 16.5. The molecule has 4 rings (SSSR count). The van der Waals surface area contributed by atoms with Crippen molar-refractivity contribution in [2.75, 3.05) is 18.1 Å². The van der Waals surface area contributed by atoms with Gasteiger partial charge in [-0.15, -0.1) is 0 Å². The summed E-state index contributed by atoms with van der Waals surface area (Å²) >= 11 is 0. The third kappa shape index (κ3) is 3.01. The van der Waals surface area contributed by atoms with Crippen molar-refractivity contribution in [1.82, 2.24) is 4.98 Å². The Balaban J connectivity index is 1.37. The number of ether oxygens (including phenoxy) is 1. The van der Waals surface area contributed by atoms with E-state index >= 15 is 0 Å². The fourth-order valence-electron chi connectivity index (χ4n) is 3.30. The number of fused-ring (bicyclic) bond motifs is 2. The Morgan fingerprint density at radius 3 is 2.80 bits per heavy atom.